The van der Waals surface area contributed by atoms with Crippen molar-refractivity contribution in [3.05, 3.63) is 29.8 Å². The maximum Gasteiger partial charge on any atom is 0.339 e. The molecule has 1 aromatic rings. The molecule has 2 rings (SSSR count). The van der Waals surface area contributed by atoms with Gasteiger partial charge in [-0.3, -0.25) is 9.69 Å². The zero-order chi connectivity index (χ0) is 22.3. The minimum Gasteiger partial charge on any atom is -0.465 e. The molecule has 1 saturated heterocycles. The number of piperidine rings is 1. The smallest absolute Gasteiger partial charge is 0.339 e. The maximum atomic E-state index is 13.1. The normalized spacial score (nSPS) is 17.0. The quantitative estimate of drug-likeness (QED) is 0.589. The van der Waals surface area contributed by atoms with Crippen molar-refractivity contribution in [2.75, 3.05) is 39.8 Å². The molecule has 1 amide bonds. The summed E-state index contributed by atoms with van der Waals surface area (Å²) in [5.74, 6) is -0.928. The zero-order valence-electron chi connectivity index (χ0n) is 18.3. The van der Waals surface area contributed by atoms with Crippen LogP contribution in [0.1, 0.15) is 44.0 Å². The van der Waals surface area contributed by atoms with Crippen LogP contribution in [0.3, 0.4) is 0 Å². The van der Waals surface area contributed by atoms with Gasteiger partial charge in [-0.05, 0) is 45.0 Å². The summed E-state index contributed by atoms with van der Waals surface area (Å²) in [5, 5.41) is 3.01. The molecule has 0 bridgehead atoms. The summed E-state index contributed by atoms with van der Waals surface area (Å²) in [6.07, 6.45) is 0.899. The van der Waals surface area contributed by atoms with Crippen LogP contribution in [0.25, 0.3) is 0 Å². The number of nitrogens with one attached hydrogen (secondary N) is 1. The van der Waals surface area contributed by atoms with Gasteiger partial charge in [0.2, 0.25) is 15.9 Å². The van der Waals surface area contributed by atoms with E-state index in [1.807, 2.05) is 0 Å². The largest absolute Gasteiger partial charge is 0.465 e. The molecule has 1 heterocycles. The average molecular weight is 440 g/mol. The number of methoxy groups -OCH3 is 1. The molecule has 0 radical (unpaired) electrons. The van der Waals surface area contributed by atoms with Crippen LogP contribution in [-0.4, -0.2) is 75.4 Å². The molecule has 1 unspecified atom stereocenters. The number of hydrogen-bond acceptors (Lipinski definition) is 6. The number of amides is 1. The summed E-state index contributed by atoms with van der Waals surface area (Å²) in [6.45, 7) is 9.18. The highest BCUT2D eigenvalue weighted by Crippen LogP contribution is 2.26. The minimum absolute atomic E-state index is 0.0188. The highest BCUT2D eigenvalue weighted by atomic mass is 32.2. The Morgan fingerprint density at radius 1 is 1.20 bits per heavy atom. The van der Waals surface area contributed by atoms with Gasteiger partial charge in [0.05, 0.1) is 17.6 Å². The van der Waals surface area contributed by atoms with Gasteiger partial charge < -0.3 is 10.1 Å². The summed E-state index contributed by atoms with van der Waals surface area (Å²) in [6, 6.07) is 6.28. The topological polar surface area (TPSA) is 96.0 Å². The Bertz CT molecular complexity index is 831. The number of hydrogen-bond donors (Lipinski definition) is 1. The van der Waals surface area contributed by atoms with E-state index in [0.29, 0.717) is 19.4 Å². The maximum absolute atomic E-state index is 13.1. The fraction of sp³-hybridized carbons (Fsp3) is 0.619. The number of carbonyl (C=O) groups is 2. The summed E-state index contributed by atoms with van der Waals surface area (Å²) in [7, 11) is -2.63. The highest BCUT2D eigenvalue weighted by Gasteiger charge is 2.34. The molecule has 1 aliphatic rings. The van der Waals surface area contributed by atoms with E-state index in [0.717, 1.165) is 13.1 Å². The average Bonchev–Trinajstić information content (AvgIpc) is 2.77. The summed E-state index contributed by atoms with van der Waals surface area (Å²) in [5.41, 5.74) is 0.0188. The molecule has 1 aromatic carbocycles. The predicted molar refractivity (Wildman–Crippen MR) is 115 cm³/mol. The first-order valence-electron chi connectivity index (χ1n) is 10.4. The van der Waals surface area contributed by atoms with Crippen LogP contribution in [0.2, 0.25) is 0 Å². The number of nitrogens with zero attached hydrogens (tertiary/aromatic N) is 2. The van der Waals surface area contributed by atoms with Gasteiger partial charge in [0.15, 0.2) is 0 Å². The van der Waals surface area contributed by atoms with Gasteiger partial charge in [0, 0.05) is 31.6 Å². The third-order valence-electron chi connectivity index (χ3n) is 5.74. The van der Waals surface area contributed by atoms with Gasteiger partial charge in [-0.1, -0.05) is 26.0 Å². The van der Waals surface area contributed by atoms with Crippen LogP contribution in [0.5, 0.6) is 0 Å². The number of benzene rings is 1. The molecular formula is C21H33N3O5S. The van der Waals surface area contributed by atoms with Crippen molar-refractivity contribution < 1.29 is 22.7 Å². The van der Waals surface area contributed by atoms with Gasteiger partial charge in [-0.15, -0.1) is 0 Å². The Hall–Kier alpha value is -1.97. The van der Waals surface area contributed by atoms with Crippen LogP contribution in [0.4, 0.5) is 0 Å². The lowest BCUT2D eigenvalue weighted by Gasteiger charge is -2.32. The number of ether oxygens (including phenoxy) is 1. The van der Waals surface area contributed by atoms with Gasteiger partial charge in [0.1, 0.15) is 0 Å². The second-order valence-corrected chi connectivity index (χ2v) is 9.39. The fourth-order valence-corrected chi connectivity index (χ4v) is 5.49. The molecule has 1 atom stereocenters. The van der Waals surface area contributed by atoms with Crippen molar-refractivity contribution in [2.45, 2.75) is 44.6 Å². The Morgan fingerprint density at radius 2 is 1.80 bits per heavy atom. The lowest BCUT2D eigenvalue weighted by atomic mass is 9.97. The summed E-state index contributed by atoms with van der Waals surface area (Å²) < 4.78 is 32.2. The van der Waals surface area contributed by atoms with E-state index < -0.39 is 16.0 Å². The molecule has 1 N–H and O–H groups in total. The standard InChI is InChI=1S/C21H33N3O5S/c1-5-23(6-2)16(3)15-22-20(25)17-11-13-24(14-12-17)30(27,28)19-10-8-7-9-18(19)21(26)29-4/h7-10,16-17H,5-6,11-15H2,1-4H3,(H,22,25). The second-order valence-electron chi connectivity index (χ2n) is 7.48. The Kier molecular flexibility index (Phi) is 8.81. The lowest BCUT2D eigenvalue weighted by Crippen LogP contribution is -2.46. The van der Waals surface area contributed by atoms with Crippen molar-refractivity contribution in [3.8, 4) is 0 Å². The van der Waals surface area contributed by atoms with Crippen molar-refractivity contribution in [1.82, 2.24) is 14.5 Å². The van der Waals surface area contributed by atoms with E-state index in [1.54, 1.807) is 12.1 Å². The van der Waals surface area contributed by atoms with Gasteiger partial charge in [0.25, 0.3) is 0 Å². The molecule has 168 valence electrons. The van der Waals surface area contributed by atoms with Crippen molar-refractivity contribution >= 4 is 21.9 Å². The van der Waals surface area contributed by atoms with E-state index in [1.165, 1.54) is 23.5 Å². The van der Waals surface area contributed by atoms with Crippen LogP contribution in [0.15, 0.2) is 29.2 Å². The SMILES string of the molecule is CCN(CC)C(C)CNC(=O)C1CCN(S(=O)(=O)c2ccccc2C(=O)OC)CC1. The van der Waals surface area contributed by atoms with Crippen LogP contribution >= 0.6 is 0 Å². The van der Waals surface area contributed by atoms with Crippen molar-refractivity contribution in [2.24, 2.45) is 5.92 Å². The first kappa shape index (κ1) is 24.3. The van der Waals surface area contributed by atoms with E-state index in [2.05, 4.69) is 31.0 Å². The summed E-state index contributed by atoms with van der Waals surface area (Å²) in [4.78, 5) is 26.7. The molecule has 0 aromatic heterocycles. The first-order valence-corrected chi connectivity index (χ1v) is 11.9. The highest BCUT2D eigenvalue weighted by molar-refractivity contribution is 7.89. The number of esters is 1. The number of carbonyl (C=O) groups excluding carboxylic acids is 2. The molecule has 1 aliphatic heterocycles. The third kappa shape index (κ3) is 5.59. The predicted octanol–water partition coefficient (Wildman–Crippen LogP) is 1.72. The van der Waals surface area contributed by atoms with E-state index in [-0.39, 0.29) is 41.4 Å². The van der Waals surface area contributed by atoms with Gasteiger partial charge in [-0.2, -0.15) is 4.31 Å². The summed E-state index contributed by atoms with van der Waals surface area (Å²) >= 11 is 0. The van der Waals surface area contributed by atoms with Crippen LogP contribution < -0.4 is 5.32 Å². The van der Waals surface area contributed by atoms with E-state index in [9.17, 15) is 18.0 Å². The second kappa shape index (κ2) is 10.9. The number of likely N-dealkylation sites (N-methyl/N-ethyl adjacent to an activating group) is 1. The molecule has 8 nitrogen and oxygen atoms in total. The monoisotopic (exact) mass is 439 g/mol. The molecular weight excluding hydrogens is 406 g/mol. The van der Waals surface area contributed by atoms with Gasteiger partial charge >= 0.3 is 5.97 Å². The molecule has 0 aliphatic carbocycles. The van der Waals surface area contributed by atoms with E-state index in [4.69, 9.17) is 4.74 Å². The number of sulfonamides is 1. The van der Waals surface area contributed by atoms with Crippen LogP contribution in [-0.2, 0) is 19.6 Å². The lowest BCUT2D eigenvalue weighted by molar-refractivity contribution is -0.126. The van der Waals surface area contributed by atoms with E-state index >= 15 is 0 Å². The van der Waals surface area contributed by atoms with Crippen molar-refractivity contribution in [3.63, 3.8) is 0 Å². The number of rotatable bonds is 9. The third-order valence-corrected chi connectivity index (χ3v) is 7.70. The molecule has 0 spiro atoms. The Morgan fingerprint density at radius 3 is 2.37 bits per heavy atom. The molecule has 9 heteroatoms. The first-order chi connectivity index (χ1) is 14.3. The van der Waals surface area contributed by atoms with Crippen molar-refractivity contribution in [1.29, 1.82) is 0 Å². The zero-order valence-corrected chi connectivity index (χ0v) is 19.1. The molecule has 1 fully saturated rings. The molecule has 0 saturated carbocycles. The minimum atomic E-state index is -3.85. The Balaban J connectivity index is 1.98. The molecule has 30 heavy (non-hydrogen) atoms. The van der Waals surface area contributed by atoms with Crippen LogP contribution in [0, 0.1) is 5.92 Å². The fourth-order valence-electron chi connectivity index (χ4n) is 3.84. The van der Waals surface area contributed by atoms with Gasteiger partial charge in [-0.25, -0.2) is 13.2 Å². The Labute approximate surface area is 179 Å².